The second kappa shape index (κ2) is 6.31. The summed E-state index contributed by atoms with van der Waals surface area (Å²) >= 11 is 0. The Labute approximate surface area is 112 Å². The molecule has 2 rings (SSSR count). The lowest BCUT2D eigenvalue weighted by atomic mass is 10.2. The lowest BCUT2D eigenvalue weighted by molar-refractivity contribution is -0.149. The van der Waals surface area contributed by atoms with Gasteiger partial charge in [-0.15, -0.1) is 0 Å². The summed E-state index contributed by atoms with van der Waals surface area (Å²) in [5, 5.41) is 0. The zero-order valence-electron chi connectivity index (χ0n) is 11.0. The van der Waals surface area contributed by atoms with Crippen LogP contribution in [0.5, 0.6) is 0 Å². The average Bonchev–Trinajstić information content (AvgIpc) is 3.21. The molecule has 0 spiro atoms. The van der Waals surface area contributed by atoms with E-state index in [4.69, 9.17) is 4.74 Å². The molecule has 1 aliphatic carbocycles. The second-order valence-corrected chi connectivity index (χ2v) is 4.60. The van der Waals surface area contributed by atoms with Gasteiger partial charge in [0.15, 0.2) is 0 Å². The first-order chi connectivity index (χ1) is 9.20. The van der Waals surface area contributed by atoms with E-state index in [0.29, 0.717) is 6.61 Å². The Balaban J connectivity index is 1.95. The number of ether oxygens (including phenoxy) is 1. The van der Waals surface area contributed by atoms with E-state index >= 15 is 0 Å². The molecule has 1 aliphatic rings. The van der Waals surface area contributed by atoms with Gasteiger partial charge in [-0.1, -0.05) is 6.07 Å². The highest BCUT2D eigenvalue weighted by Crippen LogP contribution is 2.27. The predicted molar refractivity (Wildman–Crippen MR) is 69.3 cm³/mol. The molecule has 1 saturated carbocycles. The van der Waals surface area contributed by atoms with Crippen LogP contribution in [0.15, 0.2) is 24.5 Å². The Kier molecular flexibility index (Phi) is 4.49. The SMILES string of the molecule is CCOC(=O)CN(C(=O)Cc1cccnc1)C1CC1. The van der Waals surface area contributed by atoms with Crippen molar-refractivity contribution in [1.29, 1.82) is 0 Å². The molecule has 0 unspecified atom stereocenters. The minimum absolute atomic E-state index is 0.0384. The van der Waals surface area contributed by atoms with Crippen LogP contribution in [0, 0.1) is 0 Å². The van der Waals surface area contributed by atoms with Gasteiger partial charge in [0.25, 0.3) is 0 Å². The molecular formula is C14H18N2O3. The minimum atomic E-state index is -0.339. The van der Waals surface area contributed by atoms with Crippen molar-refractivity contribution < 1.29 is 14.3 Å². The van der Waals surface area contributed by atoms with Gasteiger partial charge < -0.3 is 9.64 Å². The topological polar surface area (TPSA) is 59.5 Å². The number of nitrogens with zero attached hydrogens (tertiary/aromatic N) is 2. The Morgan fingerprint density at radius 1 is 1.47 bits per heavy atom. The quantitative estimate of drug-likeness (QED) is 0.722. The monoisotopic (exact) mass is 262 g/mol. The van der Waals surface area contributed by atoms with Crippen molar-refractivity contribution in [3.05, 3.63) is 30.1 Å². The number of pyridine rings is 1. The van der Waals surface area contributed by atoms with Gasteiger partial charge in [-0.25, -0.2) is 0 Å². The Morgan fingerprint density at radius 2 is 2.26 bits per heavy atom. The third-order valence-electron chi connectivity index (χ3n) is 2.99. The van der Waals surface area contributed by atoms with Crippen LogP contribution in [-0.4, -0.2) is 41.0 Å². The summed E-state index contributed by atoms with van der Waals surface area (Å²) < 4.78 is 4.91. The number of esters is 1. The fourth-order valence-electron chi connectivity index (χ4n) is 1.93. The highest BCUT2D eigenvalue weighted by molar-refractivity contribution is 5.84. The van der Waals surface area contributed by atoms with E-state index < -0.39 is 0 Å². The van der Waals surface area contributed by atoms with Gasteiger partial charge in [-0.05, 0) is 31.4 Å². The summed E-state index contributed by atoms with van der Waals surface area (Å²) in [5.74, 6) is -0.377. The van der Waals surface area contributed by atoms with Crippen molar-refractivity contribution in [2.75, 3.05) is 13.2 Å². The minimum Gasteiger partial charge on any atom is -0.465 e. The molecule has 0 atom stereocenters. The first kappa shape index (κ1) is 13.5. The number of carbonyl (C=O) groups is 2. The predicted octanol–water partition coefficient (Wildman–Crippen LogP) is 1.18. The molecule has 0 aromatic carbocycles. The molecule has 5 heteroatoms. The third-order valence-corrected chi connectivity index (χ3v) is 2.99. The van der Waals surface area contributed by atoms with Crippen molar-refractivity contribution in [2.45, 2.75) is 32.2 Å². The molecule has 0 saturated heterocycles. The third kappa shape index (κ3) is 4.05. The Morgan fingerprint density at radius 3 is 2.84 bits per heavy atom. The first-order valence-electron chi connectivity index (χ1n) is 6.54. The summed E-state index contributed by atoms with van der Waals surface area (Å²) in [6.45, 7) is 2.16. The number of aromatic nitrogens is 1. The highest BCUT2D eigenvalue weighted by Gasteiger charge is 2.33. The maximum Gasteiger partial charge on any atom is 0.325 e. The molecule has 19 heavy (non-hydrogen) atoms. The summed E-state index contributed by atoms with van der Waals surface area (Å²) in [6.07, 6.45) is 5.57. The number of hydrogen-bond donors (Lipinski definition) is 0. The van der Waals surface area contributed by atoms with Gasteiger partial charge in [-0.3, -0.25) is 14.6 Å². The van der Waals surface area contributed by atoms with Crippen LogP contribution < -0.4 is 0 Å². The van der Waals surface area contributed by atoms with Crippen molar-refractivity contribution in [3.8, 4) is 0 Å². The van der Waals surface area contributed by atoms with Crippen LogP contribution in [-0.2, 0) is 20.7 Å². The zero-order chi connectivity index (χ0) is 13.7. The lowest BCUT2D eigenvalue weighted by Gasteiger charge is -2.21. The van der Waals surface area contributed by atoms with Crippen molar-refractivity contribution in [1.82, 2.24) is 9.88 Å². The van der Waals surface area contributed by atoms with E-state index in [1.165, 1.54) is 0 Å². The van der Waals surface area contributed by atoms with Gasteiger partial charge in [0.05, 0.1) is 13.0 Å². The molecule has 1 aromatic rings. The van der Waals surface area contributed by atoms with Crippen LogP contribution in [0.4, 0.5) is 0 Å². The molecule has 0 bridgehead atoms. The van der Waals surface area contributed by atoms with E-state index in [0.717, 1.165) is 18.4 Å². The van der Waals surface area contributed by atoms with E-state index in [1.54, 1.807) is 30.3 Å². The van der Waals surface area contributed by atoms with Crippen LogP contribution in [0.1, 0.15) is 25.3 Å². The Bertz CT molecular complexity index is 443. The molecule has 102 valence electrons. The fourth-order valence-corrected chi connectivity index (χ4v) is 1.93. The van der Waals surface area contributed by atoms with E-state index in [-0.39, 0.29) is 30.9 Å². The van der Waals surface area contributed by atoms with Gasteiger partial charge >= 0.3 is 5.97 Å². The Hall–Kier alpha value is -1.91. The smallest absolute Gasteiger partial charge is 0.325 e. The molecule has 1 amide bonds. The maximum atomic E-state index is 12.2. The van der Waals surface area contributed by atoms with Crippen LogP contribution in [0.25, 0.3) is 0 Å². The maximum absolute atomic E-state index is 12.2. The van der Waals surface area contributed by atoms with E-state index in [1.807, 2.05) is 6.07 Å². The summed E-state index contributed by atoms with van der Waals surface area (Å²) in [6, 6.07) is 3.86. The summed E-state index contributed by atoms with van der Waals surface area (Å²) in [7, 11) is 0. The summed E-state index contributed by atoms with van der Waals surface area (Å²) in [5.41, 5.74) is 0.863. The lowest BCUT2D eigenvalue weighted by Crippen LogP contribution is -2.39. The standard InChI is InChI=1S/C14H18N2O3/c1-2-19-14(18)10-16(12-5-6-12)13(17)8-11-4-3-7-15-9-11/h3-4,7,9,12H,2,5-6,8,10H2,1H3. The molecule has 5 nitrogen and oxygen atoms in total. The van der Waals surface area contributed by atoms with E-state index in [2.05, 4.69) is 4.98 Å². The number of rotatable bonds is 6. The van der Waals surface area contributed by atoms with Gasteiger partial charge in [0.2, 0.25) is 5.91 Å². The molecule has 1 aromatic heterocycles. The molecule has 0 radical (unpaired) electrons. The number of carbonyl (C=O) groups excluding carboxylic acids is 2. The van der Waals surface area contributed by atoms with E-state index in [9.17, 15) is 9.59 Å². The van der Waals surface area contributed by atoms with Crippen LogP contribution >= 0.6 is 0 Å². The second-order valence-electron chi connectivity index (χ2n) is 4.60. The fraction of sp³-hybridized carbons (Fsp3) is 0.500. The van der Waals surface area contributed by atoms with Crippen molar-refractivity contribution in [3.63, 3.8) is 0 Å². The van der Waals surface area contributed by atoms with Crippen molar-refractivity contribution in [2.24, 2.45) is 0 Å². The van der Waals surface area contributed by atoms with Gasteiger partial charge in [-0.2, -0.15) is 0 Å². The van der Waals surface area contributed by atoms with Gasteiger partial charge in [0.1, 0.15) is 6.54 Å². The van der Waals surface area contributed by atoms with Crippen LogP contribution in [0.2, 0.25) is 0 Å². The number of hydrogen-bond acceptors (Lipinski definition) is 4. The molecular weight excluding hydrogens is 244 g/mol. The van der Waals surface area contributed by atoms with Crippen LogP contribution in [0.3, 0.4) is 0 Å². The first-order valence-corrected chi connectivity index (χ1v) is 6.54. The zero-order valence-corrected chi connectivity index (χ0v) is 11.0. The number of amides is 1. The highest BCUT2D eigenvalue weighted by atomic mass is 16.5. The molecule has 0 N–H and O–H groups in total. The largest absolute Gasteiger partial charge is 0.465 e. The summed E-state index contributed by atoms with van der Waals surface area (Å²) in [4.78, 5) is 29.4. The molecule has 1 fully saturated rings. The van der Waals surface area contributed by atoms with Crippen molar-refractivity contribution >= 4 is 11.9 Å². The average molecular weight is 262 g/mol. The molecule has 1 heterocycles. The normalized spacial score (nSPS) is 13.9. The molecule has 0 aliphatic heterocycles. The van der Waals surface area contributed by atoms with Gasteiger partial charge in [0, 0.05) is 18.4 Å².